The molecule has 0 aromatic heterocycles. The first-order chi connectivity index (χ1) is 15.3. The van der Waals surface area contributed by atoms with Crippen molar-refractivity contribution in [3.63, 3.8) is 0 Å². The highest BCUT2D eigenvalue weighted by molar-refractivity contribution is 7.89. The molecule has 0 unspecified atom stereocenters. The maximum atomic E-state index is 13.1. The molecule has 1 heterocycles. The lowest BCUT2D eigenvalue weighted by Gasteiger charge is -2.35. The average molecular weight is 484 g/mol. The van der Waals surface area contributed by atoms with Crippen LogP contribution in [-0.4, -0.2) is 68.7 Å². The van der Waals surface area contributed by atoms with Gasteiger partial charge in [0.15, 0.2) is 0 Å². The highest BCUT2D eigenvalue weighted by Gasteiger charge is 2.30. The zero-order chi connectivity index (χ0) is 24.6. The van der Waals surface area contributed by atoms with Crippen LogP contribution in [0.2, 0.25) is 0 Å². The molecule has 0 saturated carbocycles. The van der Waals surface area contributed by atoms with Crippen LogP contribution in [-0.2, 0) is 22.7 Å². The standard InChI is InChI=1S/C23H28F3N3O3S/c1-16-13-19(14-21(17(16)2)33(31,32)27(3)4)22(30)29-11-9-28(10-12-29)15-18-5-7-20(8-6-18)23(24,25)26/h5-8,13-14H,9-12,15H2,1-4H3. The fourth-order valence-electron chi connectivity index (χ4n) is 3.76. The molecular formula is C23H28F3N3O3S. The molecule has 33 heavy (non-hydrogen) atoms. The molecule has 1 aliphatic rings. The Morgan fingerprint density at radius 2 is 1.58 bits per heavy atom. The van der Waals surface area contributed by atoms with Gasteiger partial charge in [-0.25, -0.2) is 12.7 Å². The number of alkyl halides is 3. The fourth-order valence-corrected chi connectivity index (χ4v) is 4.98. The Morgan fingerprint density at radius 1 is 1.00 bits per heavy atom. The number of aryl methyl sites for hydroxylation is 1. The largest absolute Gasteiger partial charge is 0.416 e. The van der Waals surface area contributed by atoms with Crippen molar-refractivity contribution < 1.29 is 26.4 Å². The Labute approximate surface area is 192 Å². The van der Waals surface area contributed by atoms with Crippen LogP contribution < -0.4 is 0 Å². The minimum Gasteiger partial charge on any atom is -0.336 e. The summed E-state index contributed by atoms with van der Waals surface area (Å²) in [4.78, 5) is 17.0. The normalized spacial score (nSPS) is 15.8. The van der Waals surface area contributed by atoms with Crippen LogP contribution in [0.25, 0.3) is 0 Å². The van der Waals surface area contributed by atoms with Gasteiger partial charge in [0.1, 0.15) is 0 Å². The van der Waals surface area contributed by atoms with E-state index >= 15 is 0 Å². The fraction of sp³-hybridized carbons (Fsp3) is 0.435. The maximum absolute atomic E-state index is 13.1. The van der Waals surface area contributed by atoms with Crippen LogP contribution in [0.15, 0.2) is 41.3 Å². The summed E-state index contributed by atoms with van der Waals surface area (Å²) in [6, 6.07) is 8.25. The monoisotopic (exact) mass is 483 g/mol. The number of hydrogen-bond donors (Lipinski definition) is 0. The number of carbonyl (C=O) groups excluding carboxylic acids is 1. The van der Waals surface area contributed by atoms with Crippen LogP contribution in [0.5, 0.6) is 0 Å². The molecule has 10 heteroatoms. The summed E-state index contributed by atoms with van der Waals surface area (Å²) in [5, 5.41) is 0. The predicted molar refractivity (Wildman–Crippen MR) is 119 cm³/mol. The van der Waals surface area contributed by atoms with Gasteiger partial charge in [-0.05, 0) is 54.8 Å². The molecule has 0 atom stereocenters. The molecule has 1 saturated heterocycles. The van der Waals surface area contributed by atoms with Gasteiger partial charge < -0.3 is 4.90 Å². The van der Waals surface area contributed by atoms with Crippen molar-refractivity contribution in [2.45, 2.75) is 31.5 Å². The minimum absolute atomic E-state index is 0.122. The molecule has 0 spiro atoms. The number of rotatable bonds is 5. The molecule has 0 radical (unpaired) electrons. The van der Waals surface area contributed by atoms with Crippen LogP contribution in [0, 0.1) is 13.8 Å². The summed E-state index contributed by atoms with van der Waals surface area (Å²) in [6.45, 7) is 6.03. The summed E-state index contributed by atoms with van der Waals surface area (Å²) in [7, 11) is -0.783. The number of carbonyl (C=O) groups is 1. The second kappa shape index (κ2) is 9.44. The van der Waals surface area contributed by atoms with Crippen molar-refractivity contribution >= 4 is 15.9 Å². The molecule has 1 fully saturated rings. The zero-order valence-electron chi connectivity index (χ0n) is 19.1. The summed E-state index contributed by atoms with van der Waals surface area (Å²) in [5.41, 5.74) is 1.76. The number of sulfonamides is 1. The third kappa shape index (κ3) is 5.56. The Morgan fingerprint density at radius 3 is 2.09 bits per heavy atom. The molecule has 2 aromatic rings. The van der Waals surface area contributed by atoms with E-state index < -0.39 is 21.8 Å². The van der Waals surface area contributed by atoms with Crippen molar-refractivity contribution in [1.29, 1.82) is 0 Å². The van der Waals surface area contributed by atoms with E-state index in [1.165, 1.54) is 32.3 Å². The van der Waals surface area contributed by atoms with Gasteiger partial charge in [0.05, 0.1) is 10.5 Å². The molecule has 6 nitrogen and oxygen atoms in total. The van der Waals surface area contributed by atoms with Gasteiger partial charge in [0, 0.05) is 52.4 Å². The second-order valence-corrected chi connectivity index (χ2v) is 10.6. The Hall–Kier alpha value is -2.43. The van der Waals surface area contributed by atoms with Crippen molar-refractivity contribution in [2.75, 3.05) is 40.3 Å². The van der Waals surface area contributed by atoms with Crippen LogP contribution in [0.4, 0.5) is 13.2 Å². The van der Waals surface area contributed by atoms with Gasteiger partial charge in [-0.1, -0.05) is 12.1 Å². The van der Waals surface area contributed by atoms with E-state index in [1.807, 2.05) is 0 Å². The third-order valence-electron chi connectivity index (χ3n) is 5.97. The SMILES string of the molecule is Cc1cc(C(=O)N2CCN(Cc3ccc(C(F)(F)F)cc3)CC2)cc(S(=O)(=O)N(C)C)c1C. The lowest BCUT2D eigenvalue weighted by molar-refractivity contribution is -0.137. The lowest BCUT2D eigenvalue weighted by Crippen LogP contribution is -2.48. The van der Waals surface area contributed by atoms with Crippen molar-refractivity contribution in [3.05, 3.63) is 64.2 Å². The molecule has 2 aromatic carbocycles. The number of amides is 1. The smallest absolute Gasteiger partial charge is 0.336 e. The van der Waals surface area contributed by atoms with Crippen molar-refractivity contribution in [1.82, 2.24) is 14.1 Å². The molecule has 1 aliphatic heterocycles. The summed E-state index contributed by atoms with van der Waals surface area (Å²) in [5.74, 6) is -0.234. The van der Waals surface area contributed by atoms with E-state index in [9.17, 15) is 26.4 Å². The first kappa shape index (κ1) is 25.2. The average Bonchev–Trinajstić information content (AvgIpc) is 2.75. The highest BCUT2D eigenvalue weighted by Crippen LogP contribution is 2.29. The van der Waals surface area contributed by atoms with Crippen molar-refractivity contribution in [3.8, 4) is 0 Å². The molecule has 1 amide bonds. The van der Waals surface area contributed by atoms with E-state index in [1.54, 1.807) is 24.8 Å². The van der Waals surface area contributed by atoms with E-state index in [0.717, 1.165) is 27.6 Å². The third-order valence-corrected chi connectivity index (χ3v) is 7.91. The molecule has 0 N–H and O–H groups in total. The van der Waals surface area contributed by atoms with Crippen LogP contribution in [0.3, 0.4) is 0 Å². The first-order valence-electron chi connectivity index (χ1n) is 10.5. The summed E-state index contributed by atoms with van der Waals surface area (Å²) >= 11 is 0. The zero-order valence-corrected chi connectivity index (χ0v) is 19.9. The number of nitrogens with zero attached hydrogens (tertiary/aromatic N) is 3. The van der Waals surface area contributed by atoms with Gasteiger partial charge in [-0.15, -0.1) is 0 Å². The van der Waals surface area contributed by atoms with Gasteiger partial charge in [0.2, 0.25) is 10.0 Å². The number of halogens is 3. The van der Waals surface area contributed by atoms with E-state index in [0.29, 0.717) is 43.9 Å². The van der Waals surface area contributed by atoms with Gasteiger partial charge >= 0.3 is 6.18 Å². The molecule has 0 aliphatic carbocycles. The van der Waals surface area contributed by atoms with Crippen molar-refractivity contribution in [2.24, 2.45) is 0 Å². The Kier molecular flexibility index (Phi) is 7.21. The second-order valence-electron chi connectivity index (χ2n) is 8.47. The molecular weight excluding hydrogens is 455 g/mol. The lowest BCUT2D eigenvalue weighted by atomic mass is 10.0. The quantitative estimate of drug-likeness (QED) is 0.653. The van der Waals surface area contributed by atoms with Gasteiger partial charge in [-0.2, -0.15) is 13.2 Å². The van der Waals surface area contributed by atoms with Gasteiger partial charge in [-0.3, -0.25) is 9.69 Å². The number of hydrogen-bond acceptors (Lipinski definition) is 4. The summed E-state index contributed by atoms with van der Waals surface area (Å²) < 4.78 is 64.7. The highest BCUT2D eigenvalue weighted by atomic mass is 32.2. The van der Waals surface area contributed by atoms with E-state index in [4.69, 9.17) is 0 Å². The van der Waals surface area contributed by atoms with Gasteiger partial charge in [0.25, 0.3) is 5.91 Å². The number of benzene rings is 2. The predicted octanol–water partition coefficient (Wildman–Crippen LogP) is 3.53. The molecule has 180 valence electrons. The molecule has 3 rings (SSSR count). The first-order valence-corrected chi connectivity index (χ1v) is 12.0. The topological polar surface area (TPSA) is 60.9 Å². The Balaban J connectivity index is 1.68. The molecule has 0 bridgehead atoms. The van der Waals surface area contributed by atoms with Crippen LogP contribution in [0.1, 0.15) is 32.6 Å². The van der Waals surface area contributed by atoms with Crippen LogP contribution >= 0.6 is 0 Å². The Bertz CT molecular complexity index is 1120. The minimum atomic E-state index is -4.36. The van der Waals surface area contributed by atoms with E-state index in [-0.39, 0.29) is 10.8 Å². The maximum Gasteiger partial charge on any atom is 0.416 e. The van der Waals surface area contributed by atoms with E-state index in [2.05, 4.69) is 4.90 Å². The summed E-state index contributed by atoms with van der Waals surface area (Å²) in [6.07, 6.45) is -4.36. The number of piperazine rings is 1.